The minimum atomic E-state index is -0.546. The summed E-state index contributed by atoms with van der Waals surface area (Å²) in [7, 11) is 6.66. The maximum Gasteiger partial charge on any atom is 0.242 e. The van der Waals surface area contributed by atoms with E-state index in [2.05, 4.69) is 27.7 Å². The molecule has 1 heterocycles. The van der Waals surface area contributed by atoms with Gasteiger partial charge in [-0.3, -0.25) is 14.5 Å². The van der Waals surface area contributed by atoms with Gasteiger partial charge in [0.15, 0.2) is 11.5 Å². The van der Waals surface area contributed by atoms with Crippen LogP contribution >= 0.6 is 0 Å². The minimum absolute atomic E-state index is 0.106. The van der Waals surface area contributed by atoms with Gasteiger partial charge in [0.25, 0.3) is 0 Å². The average Bonchev–Trinajstić information content (AvgIpc) is 3.17. The van der Waals surface area contributed by atoms with E-state index < -0.39 is 6.04 Å². The van der Waals surface area contributed by atoms with E-state index in [9.17, 15) is 9.59 Å². The summed E-state index contributed by atoms with van der Waals surface area (Å²) in [6.45, 7) is 2.88. The first kappa shape index (κ1) is 31.3. The van der Waals surface area contributed by atoms with Crippen molar-refractivity contribution in [3.05, 3.63) is 83.0 Å². The topological polar surface area (TPSA) is 98.4 Å². The van der Waals surface area contributed by atoms with Crippen LogP contribution in [-0.4, -0.2) is 83.0 Å². The molecule has 1 aliphatic heterocycles. The van der Waals surface area contributed by atoms with E-state index >= 15 is 0 Å². The quantitative estimate of drug-likeness (QED) is 0.372. The zero-order valence-corrected chi connectivity index (χ0v) is 25.2. The van der Waals surface area contributed by atoms with Gasteiger partial charge in [0.05, 0.1) is 14.2 Å². The molecule has 0 spiro atoms. The fraction of sp³-hybridized carbons (Fsp3) is 0.455. The number of carbonyl (C=O) groups is 2. The van der Waals surface area contributed by atoms with Gasteiger partial charge in [0, 0.05) is 46.8 Å². The maximum absolute atomic E-state index is 14.0. The highest BCUT2D eigenvalue weighted by Crippen LogP contribution is 2.39. The molecule has 0 bridgehead atoms. The summed E-state index contributed by atoms with van der Waals surface area (Å²) in [6, 6.07) is 15.2. The van der Waals surface area contributed by atoms with Crippen molar-refractivity contribution >= 4 is 11.8 Å². The zero-order valence-electron chi connectivity index (χ0n) is 25.2. The van der Waals surface area contributed by atoms with Gasteiger partial charge in [-0.05, 0) is 65.8 Å². The molecule has 42 heavy (non-hydrogen) atoms. The van der Waals surface area contributed by atoms with Gasteiger partial charge in [0.2, 0.25) is 11.8 Å². The molecule has 9 nitrogen and oxygen atoms in total. The van der Waals surface area contributed by atoms with E-state index in [1.165, 1.54) is 12.5 Å². The molecular formula is C33H43N3O6. The van der Waals surface area contributed by atoms with E-state index in [0.717, 1.165) is 29.5 Å². The normalized spacial score (nSPS) is 21.2. The molecule has 4 unspecified atom stereocenters. The van der Waals surface area contributed by atoms with E-state index in [1.807, 2.05) is 48.5 Å². The Bertz CT molecular complexity index is 1280. The highest BCUT2D eigenvalue weighted by molar-refractivity contribution is 5.83. The first-order chi connectivity index (χ1) is 20.4. The standard InChI is InChI=1S/C33H43N3O6/c1-22(37)34-15-16-35-33(38)32(24-10-7-6-8-11-24)36-17-9-12-25-20-30(41-4)31(42-5)21-26(25)27(36)18-23-13-14-28(39-2)29(19-23)40-3/h6-8,10-11,13-14,19-21,27,30-32H,9,12,15-18H2,1-5H3,(H,34,37)(H,35,38). The molecule has 9 heteroatoms. The van der Waals surface area contributed by atoms with Crippen molar-refractivity contribution in [3.8, 4) is 11.5 Å². The zero-order chi connectivity index (χ0) is 30.1. The number of nitrogens with zero attached hydrogens (tertiary/aromatic N) is 1. The summed E-state index contributed by atoms with van der Waals surface area (Å²) in [4.78, 5) is 27.7. The molecule has 4 rings (SSSR count). The number of rotatable bonds is 12. The third-order valence-electron chi connectivity index (χ3n) is 7.94. The SMILES string of the molecule is COc1ccc(CC2C3=CC(OC)C(OC)C=C3CCCN2C(C(=O)NCCNC(C)=O)c2ccccc2)cc1OC. The second-order valence-electron chi connectivity index (χ2n) is 10.6. The van der Waals surface area contributed by atoms with Crippen molar-refractivity contribution in [2.24, 2.45) is 0 Å². The molecule has 2 aromatic carbocycles. The number of likely N-dealkylation sites (tertiary alicyclic amines) is 1. The third kappa shape index (κ3) is 7.40. The van der Waals surface area contributed by atoms with Gasteiger partial charge in [0.1, 0.15) is 18.2 Å². The molecule has 4 atom stereocenters. The molecule has 1 aliphatic carbocycles. The lowest BCUT2D eigenvalue weighted by Gasteiger charge is -2.39. The second kappa shape index (κ2) is 15.0. The van der Waals surface area contributed by atoms with Crippen molar-refractivity contribution in [2.45, 2.75) is 50.5 Å². The lowest BCUT2D eigenvalue weighted by atomic mass is 9.84. The predicted molar refractivity (Wildman–Crippen MR) is 162 cm³/mol. The first-order valence-electron chi connectivity index (χ1n) is 14.4. The van der Waals surface area contributed by atoms with Crippen molar-refractivity contribution in [2.75, 3.05) is 48.1 Å². The molecule has 2 amide bonds. The van der Waals surface area contributed by atoms with Crippen LogP contribution in [0.15, 0.2) is 71.8 Å². The number of fused-ring (bicyclic) bond motifs is 1. The lowest BCUT2D eigenvalue weighted by Crippen LogP contribution is -2.48. The molecule has 1 fully saturated rings. The number of amides is 2. The Hall–Kier alpha value is -3.66. The third-order valence-corrected chi connectivity index (χ3v) is 7.94. The van der Waals surface area contributed by atoms with Crippen LogP contribution < -0.4 is 20.1 Å². The van der Waals surface area contributed by atoms with Crippen LogP contribution in [0.3, 0.4) is 0 Å². The predicted octanol–water partition coefficient (Wildman–Crippen LogP) is 3.60. The smallest absolute Gasteiger partial charge is 0.242 e. The number of hydrogen-bond donors (Lipinski definition) is 2. The van der Waals surface area contributed by atoms with Gasteiger partial charge < -0.3 is 29.6 Å². The van der Waals surface area contributed by atoms with Gasteiger partial charge in [-0.2, -0.15) is 0 Å². The summed E-state index contributed by atoms with van der Waals surface area (Å²) in [5, 5.41) is 5.83. The molecule has 0 radical (unpaired) electrons. The van der Waals surface area contributed by atoms with Crippen LogP contribution in [0.1, 0.15) is 36.9 Å². The minimum Gasteiger partial charge on any atom is -0.493 e. The van der Waals surface area contributed by atoms with Crippen molar-refractivity contribution in [1.29, 1.82) is 0 Å². The van der Waals surface area contributed by atoms with Crippen LogP contribution in [0, 0.1) is 0 Å². The van der Waals surface area contributed by atoms with Gasteiger partial charge in [-0.25, -0.2) is 0 Å². The lowest BCUT2D eigenvalue weighted by molar-refractivity contribution is -0.127. The van der Waals surface area contributed by atoms with Crippen LogP contribution in [0.2, 0.25) is 0 Å². The van der Waals surface area contributed by atoms with Crippen LogP contribution in [-0.2, 0) is 25.5 Å². The summed E-state index contributed by atoms with van der Waals surface area (Å²) in [5.74, 6) is 1.09. The van der Waals surface area contributed by atoms with Crippen molar-refractivity contribution in [1.82, 2.24) is 15.5 Å². The molecule has 2 aliphatic rings. The number of carbonyl (C=O) groups excluding carboxylic acids is 2. The largest absolute Gasteiger partial charge is 0.493 e. The number of benzene rings is 2. The van der Waals surface area contributed by atoms with Crippen LogP contribution in [0.5, 0.6) is 11.5 Å². The summed E-state index contributed by atoms with van der Waals surface area (Å²) in [5.41, 5.74) is 4.34. The number of hydrogen-bond acceptors (Lipinski definition) is 7. The molecular weight excluding hydrogens is 534 g/mol. The Morgan fingerprint density at radius 3 is 2.26 bits per heavy atom. The Morgan fingerprint density at radius 2 is 1.60 bits per heavy atom. The first-order valence-corrected chi connectivity index (χ1v) is 14.4. The molecule has 226 valence electrons. The monoisotopic (exact) mass is 577 g/mol. The van der Waals surface area contributed by atoms with E-state index in [0.29, 0.717) is 37.6 Å². The van der Waals surface area contributed by atoms with Gasteiger partial charge in [-0.1, -0.05) is 36.4 Å². The van der Waals surface area contributed by atoms with Crippen molar-refractivity contribution < 1.29 is 28.5 Å². The second-order valence-corrected chi connectivity index (χ2v) is 10.6. The Morgan fingerprint density at radius 1 is 0.905 bits per heavy atom. The fourth-order valence-corrected chi connectivity index (χ4v) is 5.93. The summed E-state index contributed by atoms with van der Waals surface area (Å²) >= 11 is 0. The summed E-state index contributed by atoms with van der Waals surface area (Å²) < 4.78 is 22.7. The average molecular weight is 578 g/mol. The molecule has 2 aromatic rings. The Labute approximate surface area is 248 Å². The highest BCUT2D eigenvalue weighted by Gasteiger charge is 2.39. The number of nitrogens with one attached hydrogen (secondary N) is 2. The molecule has 0 aromatic heterocycles. The van der Waals surface area contributed by atoms with Crippen LogP contribution in [0.25, 0.3) is 0 Å². The van der Waals surface area contributed by atoms with Gasteiger partial charge in [-0.15, -0.1) is 0 Å². The Balaban J connectivity index is 1.78. The van der Waals surface area contributed by atoms with Crippen LogP contribution in [0.4, 0.5) is 0 Å². The number of methoxy groups -OCH3 is 4. The molecule has 0 saturated carbocycles. The number of ether oxygens (including phenoxy) is 4. The fourth-order valence-electron chi connectivity index (χ4n) is 5.93. The Kier molecular flexibility index (Phi) is 11.2. The molecule has 2 N–H and O–H groups in total. The van der Waals surface area contributed by atoms with Gasteiger partial charge >= 0.3 is 0 Å². The van der Waals surface area contributed by atoms with E-state index in [4.69, 9.17) is 18.9 Å². The summed E-state index contributed by atoms with van der Waals surface area (Å²) in [6.07, 6.45) is 6.31. The van der Waals surface area contributed by atoms with E-state index in [1.54, 1.807) is 28.4 Å². The molecule has 1 saturated heterocycles. The maximum atomic E-state index is 14.0. The highest BCUT2D eigenvalue weighted by atomic mass is 16.5. The van der Waals surface area contributed by atoms with Crippen molar-refractivity contribution in [3.63, 3.8) is 0 Å². The van der Waals surface area contributed by atoms with E-state index in [-0.39, 0.29) is 30.1 Å².